The van der Waals surface area contributed by atoms with E-state index in [-0.39, 0.29) is 30.3 Å². The predicted octanol–water partition coefficient (Wildman–Crippen LogP) is 3.27. The first-order valence-corrected chi connectivity index (χ1v) is 10.6. The molecular formula is C23H32N2O3. The Hall–Kier alpha value is -1.88. The molecular weight excluding hydrogens is 352 g/mol. The summed E-state index contributed by atoms with van der Waals surface area (Å²) in [4.78, 5) is 25.2. The molecule has 0 unspecified atom stereocenters. The van der Waals surface area contributed by atoms with Gasteiger partial charge in [-0.15, -0.1) is 0 Å². The summed E-state index contributed by atoms with van der Waals surface area (Å²) in [5, 5.41) is 15.2. The van der Waals surface area contributed by atoms with Crippen molar-refractivity contribution >= 4 is 17.5 Å². The number of hydrogen-bond acceptors (Lipinski definition) is 3. The lowest BCUT2D eigenvalue weighted by atomic mass is 9.49. The van der Waals surface area contributed by atoms with Gasteiger partial charge in [0.15, 0.2) is 0 Å². The van der Waals surface area contributed by atoms with Crippen molar-refractivity contribution in [1.29, 1.82) is 0 Å². The van der Waals surface area contributed by atoms with Gasteiger partial charge in [0.1, 0.15) is 0 Å². The average molecular weight is 385 g/mol. The van der Waals surface area contributed by atoms with Crippen molar-refractivity contribution in [3.05, 3.63) is 29.8 Å². The van der Waals surface area contributed by atoms with Crippen molar-refractivity contribution < 1.29 is 14.7 Å². The Morgan fingerprint density at radius 1 is 1.04 bits per heavy atom. The van der Waals surface area contributed by atoms with Crippen molar-refractivity contribution in [3.63, 3.8) is 0 Å². The highest BCUT2D eigenvalue weighted by molar-refractivity contribution is 5.95. The van der Waals surface area contributed by atoms with Gasteiger partial charge in [0.2, 0.25) is 11.8 Å². The Kier molecular flexibility index (Phi) is 4.98. The molecule has 0 saturated heterocycles. The van der Waals surface area contributed by atoms with Crippen LogP contribution in [0.2, 0.25) is 0 Å². The Morgan fingerprint density at radius 3 is 2.07 bits per heavy atom. The summed E-state index contributed by atoms with van der Waals surface area (Å²) in [7, 11) is 0. The molecule has 0 aliphatic heterocycles. The average Bonchev–Trinajstić information content (AvgIpc) is 2.61. The van der Waals surface area contributed by atoms with E-state index in [2.05, 4.69) is 10.6 Å². The van der Waals surface area contributed by atoms with E-state index in [0.29, 0.717) is 0 Å². The van der Waals surface area contributed by atoms with Crippen LogP contribution in [0.25, 0.3) is 0 Å². The number of carbonyl (C=O) groups excluding carboxylic acids is 2. The standard InChI is InChI=1S/C23H32N2O3/c1-22(2,14-26)25-20(27)10-15-3-5-19(6-4-15)24-21(28)23-11-16-7-17(12-23)9-18(8-16)13-23/h3-6,16-18,26H,7-14H2,1-2H3,(H,24,28)(H,25,27). The Labute approximate surface area is 167 Å². The molecule has 5 nitrogen and oxygen atoms in total. The molecule has 5 rings (SSSR count). The number of aliphatic hydroxyl groups is 1. The minimum absolute atomic E-state index is 0.103. The zero-order valence-electron chi connectivity index (χ0n) is 17.0. The number of anilines is 1. The fourth-order valence-corrected chi connectivity index (χ4v) is 6.00. The molecule has 2 amide bonds. The van der Waals surface area contributed by atoms with Gasteiger partial charge in [-0.2, -0.15) is 0 Å². The lowest BCUT2D eigenvalue weighted by molar-refractivity contribution is -0.140. The number of amides is 2. The van der Waals surface area contributed by atoms with Gasteiger partial charge in [0.05, 0.1) is 24.0 Å². The van der Waals surface area contributed by atoms with Crippen LogP contribution in [-0.4, -0.2) is 29.1 Å². The Morgan fingerprint density at radius 2 is 1.57 bits per heavy atom. The molecule has 4 bridgehead atoms. The molecule has 3 N–H and O–H groups in total. The number of aliphatic hydroxyl groups excluding tert-OH is 1. The summed E-state index contributed by atoms with van der Waals surface area (Å²) in [5.41, 5.74) is 0.922. The molecule has 152 valence electrons. The zero-order valence-corrected chi connectivity index (χ0v) is 17.0. The molecule has 4 saturated carbocycles. The monoisotopic (exact) mass is 384 g/mol. The number of rotatable bonds is 6. The van der Waals surface area contributed by atoms with Gasteiger partial charge < -0.3 is 15.7 Å². The van der Waals surface area contributed by atoms with E-state index in [9.17, 15) is 14.7 Å². The fraction of sp³-hybridized carbons (Fsp3) is 0.652. The van der Waals surface area contributed by atoms with Gasteiger partial charge in [0.25, 0.3) is 0 Å². The highest BCUT2D eigenvalue weighted by Crippen LogP contribution is 2.60. The van der Waals surface area contributed by atoms with Crippen LogP contribution in [0.15, 0.2) is 24.3 Å². The molecule has 5 heteroatoms. The lowest BCUT2D eigenvalue weighted by Crippen LogP contribution is -2.51. The van der Waals surface area contributed by atoms with Crippen molar-refractivity contribution in [1.82, 2.24) is 5.32 Å². The van der Waals surface area contributed by atoms with Crippen LogP contribution in [0, 0.1) is 23.2 Å². The first kappa shape index (κ1) is 19.4. The summed E-state index contributed by atoms with van der Waals surface area (Å²) in [5.74, 6) is 2.33. The van der Waals surface area contributed by atoms with Crippen LogP contribution in [0.5, 0.6) is 0 Å². The first-order chi connectivity index (χ1) is 13.3. The molecule has 4 fully saturated rings. The largest absolute Gasteiger partial charge is 0.394 e. The lowest BCUT2D eigenvalue weighted by Gasteiger charge is -2.55. The van der Waals surface area contributed by atoms with E-state index in [1.54, 1.807) is 13.8 Å². The van der Waals surface area contributed by atoms with Crippen LogP contribution < -0.4 is 10.6 Å². The smallest absolute Gasteiger partial charge is 0.230 e. The number of benzene rings is 1. The minimum atomic E-state index is -0.622. The molecule has 0 atom stereocenters. The van der Waals surface area contributed by atoms with Crippen molar-refractivity contribution in [2.75, 3.05) is 11.9 Å². The van der Waals surface area contributed by atoms with Crippen LogP contribution in [0.1, 0.15) is 57.9 Å². The molecule has 1 aromatic carbocycles. The SMILES string of the molecule is CC(C)(CO)NC(=O)Cc1ccc(NC(=O)C23CC4CC(CC(C4)C2)C3)cc1. The zero-order chi connectivity index (χ0) is 19.9. The van der Waals surface area contributed by atoms with E-state index in [1.807, 2.05) is 24.3 Å². The summed E-state index contributed by atoms with van der Waals surface area (Å²) in [6.07, 6.45) is 7.42. The Balaban J connectivity index is 1.36. The normalized spacial score (nSPS) is 30.9. The third-order valence-electron chi connectivity index (χ3n) is 6.97. The molecule has 4 aliphatic carbocycles. The molecule has 0 spiro atoms. The second-order valence-corrected chi connectivity index (χ2v) is 10.1. The molecule has 28 heavy (non-hydrogen) atoms. The van der Waals surface area contributed by atoms with Gasteiger partial charge in [-0.25, -0.2) is 0 Å². The van der Waals surface area contributed by atoms with Gasteiger partial charge in [-0.3, -0.25) is 9.59 Å². The highest BCUT2D eigenvalue weighted by Gasteiger charge is 2.54. The van der Waals surface area contributed by atoms with Crippen LogP contribution in [0.3, 0.4) is 0 Å². The molecule has 4 aliphatic rings. The third-order valence-corrected chi connectivity index (χ3v) is 6.97. The van der Waals surface area contributed by atoms with Crippen LogP contribution >= 0.6 is 0 Å². The highest BCUT2D eigenvalue weighted by atomic mass is 16.3. The van der Waals surface area contributed by atoms with Crippen LogP contribution in [-0.2, 0) is 16.0 Å². The second kappa shape index (κ2) is 7.18. The number of hydrogen-bond donors (Lipinski definition) is 3. The third kappa shape index (κ3) is 3.95. The fourth-order valence-electron chi connectivity index (χ4n) is 6.00. The second-order valence-electron chi connectivity index (χ2n) is 10.1. The van der Waals surface area contributed by atoms with E-state index in [1.165, 1.54) is 19.3 Å². The summed E-state index contributed by atoms with van der Waals surface area (Å²) in [6.45, 7) is 3.47. The van der Waals surface area contributed by atoms with Crippen molar-refractivity contribution in [2.45, 2.75) is 64.3 Å². The van der Waals surface area contributed by atoms with Gasteiger partial charge >= 0.3 is 0 Å². The van der Waals surface area contributed by atoms with Crippen molar-refractivity contribution in [2.24, 2.45) is 23.2 Å². The quantitative estimate of drug-likeness (QED) is 0.704. The maximum atomic E-state index is 13.1. The summed E-state index contributed by atoms with van der Waals surface area (Å²) >= 11 is 0. The summed E-state index contributed by atoms with van der Waals surface area (Å²) in [6, 6.07) is 7.55. The topological polar surface area (TPSA) is 78.4 Å². The first-order valence-electron chi connectivity index (χ1n) is 10.6. The van der Waals surface area contributed by atoms with Gasteiger partial charge in [-0.1, -0.05) is 12.1 Å². The van der Waals surface area contributed by atoms with E-state index in [0.717, 1.165) is 48.3 Å². The van der Waals surface area contributed by atoms with E-state index < -0.39 is 5.54 Å². The molecule has 1 aromatic rings. The van der Waals surface area contributed by atoms with Crippen molar-refractivity contribution in [3.8, 4) is 0 Å². The maximum absolute atomic E-state index is 13.1. The summed E-state index contributed by atoms with van der Waals surface area (Å²) < 4.78 is 0. The Bertz CT molecular complexity index is 718. The molecule has 0 radical (unpaired) electrons. The van der Waals surface area contributed by atoms with Crippen LogP contribution in [0.4, 0.5) is 5.69 Å². The maximum Gasteiger partial charge on any atom is 0.230 e. The molecule has 0 aromatic heterocycles. The minimum Gasteiger partial charge on any atom is -0.394 e. The van der Waals surface area contributed by atoms with E-state index >= 15 is 0 Å². The number of carbonyl (C=O) groups is 2. The number of nitrogens with one attached hydrogen (secondary N) is 2. The molecule has 0 heterocycles. The van der Waals surface area contributed by atoms with Gasteiger partial charge in [0, 0.05) is 5.69 Å². The van der Waals surface area contributed by atoms with Gasteiger partial charge in [-0.05, 0) is 87.8 Å². The predicted molar refractivity (Wildman–Crippen MR) is 109 cm³/mol. The van der Waals surface area contributed by atoms with E-state index in [4.69, 9.17) is 0 Å².